The monoisotopic (exact) mass is 460 g/mol. The molecule has 0 aliphatic rings. The van der Waals surface area contributed by atoms with Crippen LogP contribution in [0.5, 0.6) is 5.75 Å². The highest BCUT2D eigenvalue weighted by molar-refractivity contribution is 9.11. The van der Waals surface area contributed by atoms with Crippen molar-refractivity contribution in [2.75, 3.05) is 6.61 Å². The summed E-state index contributed by atoms with van der Waals surface area (Å²) >= 11 is 11.0. The number of halogens is 3. The second-order valence-corrected chi connectivity index (χ2v) is 7.13. The Morgan fingerprint density at radius 2 is 1.80 bits per heavy atom. The van der Waals surface area contributed by atoms with E-state index in [1.54, 1.807) is 0 Å². The summed E-state index contributed by atoms with van der Waals surface area (Å²) in [7, 11) is 0. The van der Waals surface area contributed by atoms with Crippen LogP contribution in [-0.2, 0) is 0 Å². The molecule has 0 saturated carbocycles. The van der Waals surface area contributed by atoms with Crippen molar-refractivity contribution in [1.82, 2.24) is 0 Å². The summed E-state index contributed by atoms with van der Waals surface area (Å²) in [5.74, 6) is 0.874. The van der Waals surface area contributed by atoms with Crippen molar-refractivity contribution in [2.24, 2.45) is 0 Å². The van der Waals surface area contributed by atoms with Crippen LogP contribution in [0.25, 0.3) is 0 Å². The largest absolute Gasteiger partial charge is 0.493 e. The molecule has 1 nitrogen and oxygen atoms in total. The molecular weight excluding hydrogens is 448 g/mol. The van der Waals surface area contributed by atoms with Crippen molar-refractivity contribution < 1.29 is 4.74 Å². The second kappa shape index (κ2) is 7.10. The summed E-state index contributed by atoms with van der Waals surface area (Å²) in [6, 6.07) is 12.6. The van der Waals surface area contributed by atoms with Gasteiger partial charge in [0.05, 0.1) is 15.9 Å². The third-order valence-electron chi connectivity index (χ3n) is 2.97. The molecule has 0 saturated heterocycles. The van der Waals surface area contributed by atoms with E-state index in [9.17, 15) is 0 Å². The average molecular weight is 463 g/mol. The van der Waals surface area contributed by atoms with E-state index in [0.29, 0.717) is 6.61 Å². The molecule has 0 aromatic heterocycles. The van der Waals surface area contributed by atoms with Crippen LogP contribution in [0, 0.1) is 6.92 Å². The number of aryl methyl sites for hydroxylation is 1. The first-order valence-corrected chi connectivity index (χ1v) is 8.85. The Balaban J connectivity index is 2.35. The van der Waals surface area contributed by atoms with E-state index in [1.165, 1.54) is 16.7 Å². The average Bonchev–Trinajstić information content (AvgIpc) is 2.43. The van der Waals surface area contributed by atoms with Gasteiger partial charge in [-0.15, -0.1) is 0 Å². The van der Waals surface area contributed by atoms with Crippen LogP contribution in [0.1, 0.15) is 28.4 Å². The van der Waals surface area contributed by atoms with Gasteiger partial charge in [-0.3, -0.25) is 0 Å². The molecule has 106 valence electrons. The van der Waals surface area contributed by atoms with Gasteiger partial charge in [0.25, 0.3) is 0 Å². The quantitative estimate of drug-likeness (QED) is 0.477. The molecule has 0 bridgehead atoms. The van der Waals surface area contributed by atoms with Crippen LogP contribution < -0.4 is 4.74 Å². The zero-order valence-corrected chi connectivity index (χ0v) is 16.0. The van der Waals surface area contributed by atoms with Gasteiger partial charge in [0, 0.05) is 4.47 Å². The molecule has 20 heavy (non-hydrogen) atoms. The van der Waals surface area contributed by atoms with E-state index < -0.39 is 0 Å². The number of ether oxygens (including phenoxy) is 1. The molecule has 0 N–H and O–H groups in total. The lowest BCUT2D eigenvalue weighted by Crippen LogP contribution is -1.97. The SMILES string of the molecule is CCOc1ccc(C(Br)c2cc(C)ccc2Br)cc1Br. The maximum atomic E-state index is 5.55. The molecule has 0 spiro atoms. The Morgan fingerprint density at radius 1 is 1.05 bits per heavy atom. The fourth-order valence-electron chi connectivity index (χ4n) is 1.98. The first-order chi connectivity index (χ1) is 9.52. The van der Waals surface area contributed by atoms with Crippen LogP contribution in [-0.4, -0.2) is 6.61 Å². The maximum Gasteiger partial charge on any atom is 0.133 e. The summed E-state index contributed by atoms with van der Waals surface area (Å²) in [4.78, 5) is 0.142. The molecule has 0 aliphatic heterocycles. The van der Waals surface area contributed by atoms with Crippen molar-refractivity contribution >= 4 is 47.8 Å². The highest BCUT2D eigenvalue weighted by Crippen LogP contribution is 2.38. The normalized spacial score (nSPS) is 12.2. The second-order valence-electron chi connectivity index (χ2n) is 4.51. The van der Waals surface area contributed by atoms with Gasteiger partial charge < -0.3 is 4.74 Å². The summed E-state index contributed by atoms with van der Waals surface area (Å²) in [5, 5.41) is 0. The van der Waals surface area contributed by atoms with Gasteiger partial charge in [0.1, 0.15) is 5.75 Å². The van der Waals surface area contributed by atoms with Crippen LogP contribution in [0.2, 0.25) is 0 Å². The molecule has 4 heteroatoms. The zero-order valence-electron chi connectivity index (χ0n) is 11.3. The summed E-state index contributed by atoms with van der Waals surface area (Å²) in [6.07, 6.45) is 0. The van der Waals surface area contributed by atoms with Gasteiger partial charge in [0.15, 0.2) is 0 Å². The number of hydrogen-bond acceptors (Lipinski definition) is 1. The lowest BCUT2D eigenvalue weighted by molar-refractivity contribution is 0.338. The lowest BCUT2D eigenvalue weighted by Gasteiger charge is -2.15. The molecule has 1 atom stereocenters. The maximum absolute atomic E-state index is 5.55. The van der Waals surface area contributed by atoms with E-state index in [-0.39, 0.29) is 4.83 Å². The Bertz CT molecular complexity index is 611. The van der Waals surface area contributed by atoms with Crippen molar-refractivity contribution in [1.29, 1.82) is 0 Å². The fraction of sp³-hybridized carbons (Fsp3) is 0.250. The van der Waals surface area contributed by atoms with E-state index in [0.717, 1.165) is 14.7 Å². The van der Waals surface area contributed by atoms with Crippen molar-refractivity contribution in [3.63, 3.8) is 0 Å². The minimum absolute atomic E-state index is 0.142. The highest BCUT2D eigenvalue weighted by Gasteiger charge is 2.15. The molecule has 1 unspecified atom stereocenters. The van der Waals surface area contributed by atoms with Crippen molar-refractivity contribution in [3.8, 4) is 5.75 Å². The third-order valence-corrected chi connectivity index (χ3v) is 5.34. The number of benzene rings is 2. The smallest absolute Gasteiger partial charge is 0.133 e. The van der Waals surface area contributed by atoms with Crippen molar-refractivity contribution in [2.45, 2.75) is 18.7 Å². The Morgan fingerprint density at radius 3 is 2.45 bits per heavy atom. The molecule has 0 amide bonds. The molecule has 0 radical (unpaired) electrons. The van der Waals surface area contributed by atoms with Gasteiger partial charge in [0.2, 0.25) is 0 Å². The summed E-state index contributed by atoms with van der Waals surface area (Å²) in [5.41, 5.74) is 3.66. The van der Waals surface area contributed by atoms with Crippen LogP contribution in [0.4, 0.5) is 0 Å². The third kappa shape index (κ3) is 3.66. The molecule has 2 aromatic carbocycles. The van der Waals surface area contributed by atoms with Crippen LogP contribution in [0.3, 0.4) is 0 Å². The molecule has 2 rings (SSSR count). The summed E-state index contributed by atoms with van der Waals surface area (Å²) in [6.45, 7) is 4.75. The fourth-order valence-corrected chi connectivity index (χ4v) is 3.94. The molecule has 0 fully saturated rings. The minimum atomic E-state index is 0.142. The van der Waals surface area contributed by atoms with E-state index in [2.05, 4.69) is 85.0 Å². The highest BCUT2D eigenvalue weighted by atomic mass is 79.9. The van der Waals surface area contributed by atoms with Gasteiger partial charge in [-0.2, -0.15) is 0 Å². The Kier molecular flexibility index (Phi) is 5.70. The van der Waals surface area contributed by atoms with Gasteiger partial charge in [-0.25, -0.2) is 0 Å². The predicted octanol–water partition coefficient (Wildman–Crippen LogP) is 6.40. The Hall–Kier alpha value is -0.320. The first kappa shape index (κ1) is 16.1. The minimum Gasteiger partial charge on any atom is -0.493 e. The Labute approximate surface area is 145 Å². The topological polar surface area (TPSA) is 9.23 Å². The molecular formula is C16H15Br3O. The first-order valence-electron chi connectivity index (χ1n) is 6.35. The number of rotatable bonds is 4. The van der Waals surface area contributed by atoms with Gasteiger partial charge in [-0.1, -0.05) is 55.6 Å². The van der Waals surface area contributed by atoms with Gasteiger partial charge in [-0.05, 0) is 59.1 Å². The van der Waals surface area contributed by atoms with Gasteiger partial charge >= 0.3 is 0 Å². The van der Waals surface area contributed by atoms with E-state index in [1.807, 2.05) is 13.0 Å². The van der Waals surface area contributed by atoms with E-state index in [4.69, 9.17) is 4.74 Å². The lowest BCUT2D eigenvalue weighted by atomic mass is 10.0. The number of alkyl halides is 1. The van der Waals surface area contributed by atoms with Crippen LogP contribution >= 0.6 is 47.8 Å². The van der Waals surface area contributed by atoms with E-state index >= 15 is 0 Å². The van der Waals surface area contributed by atoms with Crippen LogP contribution in [0.15, 0.2) is 45.3 Å². The predicted molar refractivity (Wildman–Crippen MR) is 95.0 cm³/mol. The van der Waals surface area contributed by atoms with Crippen molar-refractivity contribution in [3.05, 3.63) is 62.0 Å². The molecule has 0 heterocycles. The molecule has 0 aliphatic carbocycles. The zero-order chi connectivity index (χ0) is 14.7. The molecule has 2 aromatic rings. The number of hydrogen-bond donors (Lipinski definition) is 0. The summed E-state index contributed by atoms with van der Waals surface area (Å²) < 4.78 is 7.63. The standard InChI is InChI=1S/C16H15Br3O/c1-3-20-15-7-5-11(9-14(15)18)16(19)12-8-10(2)4-6-13(12)17/h4-9,16H,3H2,1-2H3.